The normalized spacial score (nSPS) is 18.4. The molecule has 0 saturated carbocycles. The second-order valence-corrected chi connectivity index (χ2v) is 10.0. The summed E-state index contributed by atoms with van der Waals surface area (Å²) in [6.07, 6.45) is -3.45. The van der Waals surface area contributed by atoms with Gasteiger partial charge in [0.05, 0.1) is 18.7 Å². The lowest BCUT2D eigenvalue weighted by Crippen LogP contribution is -2.50. The van der Waals surface area contributed by atoms with Crippen LogP contribution in [0.2, 0.25) is 0 Å². The van der Waals surface area contributed by atoms with E-state index in [0.29, 0.717) is 24.0 Å². The second kappa shape index (κ2) is 11.3. The third kappa shape index (κ3) is 5.79. The molecule has 3 aromatic rings. The van der Waals surface area contributed by atoms with Crippen LogP contribution < -0.4 is 10.1 Å². The predicted molar refractivity (Wildman–Crippen MR) is 140 cm³/mol. The molecule has 0 aliphatic carbocycles. The highest BCUT2D eigenvalue weighted by molar-refractivity contribution is 6.01. The number of nitrogens with zero attached hydrogens (tertiary/aromatic N) is 1. The maximum Gasteiger partial charge on any atom is 0.449 e. The minimum absolute atomic E-state index is 0.0738. The zero-order valence-electron chi connectivity index (χ0n) is 22.4. The van der Waals surface area contributed by atoms with Gasteiger partial charge in [0.1, 0.15) is 23.9 Å². The Labute approximate surface area is 233 Å². The Hall–Kier alpha value is -4.28. The summed E-state index contributed by atoms with van der Waals surface area (Å²) in [5, 5.41) is 2.56. The number of halogens is 4. The summed E-state index contributed by atoms with van der Waals surface area (Å²) in [7, 11) is 1.23. The molecule has 2 amide bonds. The summed E-state index contributed by atoms with van der Waals surface area (Å²) < 4.78 is 70.3. The maximum absolute atomic E-state index is 14.3. The molecule has 1 saturated heterocycles. The Balaban J connectivity index is 1.44. The van der Waals surface area contributed by atoms with E-state index in [1.807, 2.05) is 30.3 Å². The largest absolute Gasteiger partial charge is 0.488 e. The van der Waals surface area contributed by atoms with Gasteiger partial charge in [-0.25, -0.2) is 14.0 Å². The number of alkyl halides is 3. The average Bonchev–Trinajstić information content (AvgIpc) is 3.48. The van der Waals surface area contributed by atoms with Crippen molar-refractivity contribution in [2.24, 2.45) is 0 Å². The first kappa shape index (κ1) is 28.3. The summed E-state index contributed by atoms with van der Waals surface area (Å²) in [5.41, 5.74) is 2.02. The first-order chi connectivity index (χ1) is 19.6. The molecule has 2 aliphatic heterocycles. The molecule has 1 N–H and O–H groups in total. The van der Waals surface area contributed by atoms with Crippen molar-refractivity contribution < 1.29 is 41.0 Å². The highest BCUT2D eigenvalue weighted by atomic mass is 19.4. The molecule has 216 valence electrons. The van der Waals surface area contributed by atoms with Gasteiger partial charge < -0.3 is 24.1 Å². The summed E-state index contributed by atoms with van der Waals surface area (Å²) in [6.45, 7) is 1.17. The van der Waals surface area contributed by atoms with Crippen molar-refractivity contribution in [2.75, 3.05) is 7.11 Å². The van der Waals surface area contributed by atoms with Gasteiger partial charge in [-0.3, -0.25) is 0 Å². The van der Waals surface area contributed by atoms with E-state index in [1.165, 1.54) is 37.1 Å². The molecule has 2 aromatic carbocycles. The van der Waals surface area contributed by atoms with Crippen LogP contribution in [0.5, 0.6) is 5.75 Å². The molecule has 1 fully saturated rings. The van der Waals surface area contributed by atoms with Crippen molar-refractivity contribution in [1.29, 1.82) is 0 Å². The number of hydrogen-bond donors (Lipinski definition) is 1. The Morgan fingerprint density at radius 3 is 2.56 bits per heavy atom. The molecule has 2 atom stereocenters. The van der Waals surface area contributed by atoms with Gasteiger partial charge >= 0.3 is 18.2 Å². The fourth-order valence-corrected chi connectivity index (χ4v) is 5.65. The molecule has 5 rings (SSSR count). The Morgan fingerprint density at radius 1 is 1.10 bits per heavy atom. The van der Waals surface area contributed by atoms with Crippen LogP contribution in [0.1, 0.15) is 47.5 Å². The van der Waals surface area contributed by atoms with Crippen molar-refractivity contribution in [3.63, 3.8) is 0 Å². The number of methoxy groups -OCH3 is 1. The minimum atomic E-state index is -4.70. The molecule has 2 bridgehead atoms. The number of carbonyl (C=O) groups excluding carboxylic acids is 2. The number of esters is 1. The zero-order chi connectivity index (χ0) is 29.3. The molecule has 7 nitrogen and oxygen atoms in total. The third-order valence-electron chi connectivity index (χ3n) is 7.37. The first-order valence-corrected chi connectivity index (χ1v) is 13.1. The molecule has 0 spiro atoms. The SMILES string of the molecule is COC(=O)C1=C(c2ccc(F)cc2OCc2ccccc2)C[C@@H]2CC[C@H]1N2C(=O)NCc1cc(C)oc1C(F)(F)F. The van der Waals surface area contributed by atoms with Gasteiger partial charge in [0.15, 0.2) is 0 Å². The summed E-state index contributed by atoms with van der Waals surface area (Å²) >= 11 is 0. The van der Waals surface area contributed by atoms with E-state index in [0.717, 1.165) is 5.56 Å². The summed E-state index contributed by atoms with van der Waals surface area (Å²) in [5.74, 6) is -1.99. The van der Waals surface area contributed by atoms with E-state index in [1.54, 1.807) is 6.07 Å². The lowest BCUT2D eigenvalue weighted by atomic mass is 9.88. The Kier molecular flexibility index (Phi) is 7.79. The van der Waals surface area contributed by atoms with Crippen LogP contribution in [-0.4, -0.2) is 36.1 Å². The fourth-order valence-electron chi connectivity index (χ4n) is 5.65. The van der Waals surface area contributed by atoms with Crippen LogP contribution in [0.4, 0.5) is 22.4 Å². The molecule has 2 aliphatic rings. The first-order valence-electron chi connectivity index (χ1n) is 13.1. The number of carbonyl (C=O) groups is 2. The number of aryl methyl sites for hydroxylation is 1. The van der Waals surface area contributed by atoms with E-state index in [-0.39, 0.29) is 41.7 Å². The zero-order valence-corrected chi connectivity index (χ0v) is 22.4. The van der Waals surface area contributed by atoms with E-state index in [2.05, 4.69) is 5.32 Å². The van der Waals surface area contributed by atoms with Gasteiger partial charge in [0, 0.05) is 29.8 Å². The van der Waals surface area contributed by atoms with Gasteiger partial charge in [-0.05, 0) is 55.5 Å². The van der Waals surface area contributed by atoms with E-state index in [9.17, 15) is 27.2 Å². The molecule has 1 aromatic heterocycles. The topological polar surface area (TPSA) is 81.0 Å². The van der Waals surface area contributed by atoms with Crippen molar-refractivity contribution >= 4 is 17.6 Å². The van der Waals surface area contributed by atoms with Crippen molar-refractivity contribution in [1.82, 2.24) is 10.2 Å². The number of ether oxygens (including phenoxy) is 2. The smallest absolute Gasteiger partial charge is 0.449 e. The average molecular weight is 573 g/mol. The highest BCUT2D eigenvalue weighted by Crippen LogP contribution is 2.45. The number of amides is 2. The number of urea groups is 1. The monoisotopic (exact) mass is 572 g/mol. The summed E-state index contributed by atoms with van der Waals surface area (Å²) in [4.78, 5) is 27.9. The molecule has 11 heteroatoms. The molecule has 41 heavy (non-hydrogen) atoms. The van der Waals surface area contributed by atoms with Gasteiger partial charge in [0.25, 0.3) is 0 Å². The number of furan rings is 1. The number of nitrogens with one attached hydrogen (secondary N) is 1. The number of rotatable bonds is 7. The molecular formula is C30H28F4N2O5. The third-order valence-corrected chi connectivity index (χ3v) is 7.37. The van der Waals surface area contributed by atoms with Crippen molar-refractivity contribution in [3.05, 3.63) is 94.2 Å². The lowest BCUT2D eigenvalue weighted by Gasteiger charge is -2.37. The van der Waals surface area contributed by atoms with E-state index in [4.69, 9.17) is 13.9 Å². The minimum Gasteiger partial charge on any atom is -0.488 e. The van der Waals surface area contributed by atoms with Crippen LogP contribution in [-0.2, 0) is 28.9 Å². The van der Waals surface area contributed by atoms with Crippen LogP contribution >= 0.6 is 0 Å². The molecule has 0 radical (unpaired) electrons. The standard InChI is InChI=1S/C30H28F4N2O5/c1-17-12-19(27(41-17)30(32,33)34)15-35-29(38)36-21-9-11-24(36)26(28(37)39-2)23(14-21)22-10-8-20(31)13-25(22)40-16-18-6-4-3-5-7-18/h3-8,10,12-13,21,24H,9,11,14-16H2,1-2H3,(H,35,38)/t21-,24+/m0/s1. The van der Waals surface area contributed by atoms with Gasteiger partial charge in [-0.1, -0.05) is 30.3 Å². The van der Waals surface area contributed by atoms with Crippen LogP contribution in [0.3, 0.4) is 0 Å². The van der Waals surface area contributed by atoms with Crippen LogP contribution in [0, 0.1) is 12.7 Å². The maximum atomic E-state index is 14.3. The highest BCUT2D eigenvalue weighted by Gasteiger charge is 2.47. The quantitative estimate of drug-likeness (QED) is 0.262. The van der Waals surface area contributed by atoms with E-state index < -0.39 is 42.3 Å². The van der Waals surface area contributed by atoms with Crippen molar-refractivity contribution in [3.8, 4) is 5.75 Å². The lowest BCUT2D eigenvalue weighted by molar-refractivity contribution is -0.154. The van der Waals surface area contributed by atoms with Gasteiger partial charge in [0.2, 0.25) is 5.76 Å². The van der Waals surface area contributed by atoms with Crippen LogP contribution in [0.25, 0.3) is 5.57 Å². The van der Waals surface area contributed by atoms with E-state index >= 15 is 0 Å². The summed E-state index contributed by atoms with van der Waals surface area (Å²) in [6, 6.07) is 13.0. The van der Waals surface area contributed by atoms with Crippen molar-refractivity contribution in [2.45, 2.75) is 57.6 Å². The number of hydrogen-bond acceptors (Lipinski definition) is 5. The second-order valence-electron chi connectivity index (χ2n) is 10.0. The van der Waals surface area contributed by atoms with Crippen LogP contribution in [0.15, 0.2) is 64.6 Å². The Bertz CT molecular complexity index is 1480. The Morgan fingerprint density at radius 2 is 1.85 bits per heavy atom. The fraction of sp³-hybridized carbons (Fsp3) is 0.333. The molecular weight excluding hydrogens is 544 g/mol. The molecule has 3 heterocycles. The predicted octanol–water partition coefficient (Wildman–Crippen LogP) is 6.40. The number of fused-ring (bicyclic) bond motifs is 2. The van der Waals surface area contributed by atoms with Gasteiger partial charge in [-0.15, -0.1) is 0 Å². The van der Waals surface area contributed by atoms with Gasteiger partial charge in [-0.2, -0.15) is 13.2 Å². The number of benzene rings is 2. The molecule has 0 unspecified atom stereocenters.